The maximum absolute atomic E-state index is 9.03. The highest BCUT2D eigenvalue weighted by molar-refractivity contribution is 5.48. The summed E-state index contributed by atoms with van der Waals surface area (Å²) < 4.78 is 1.87. The minimum Gasteiger partial charge on any atom is -0.394 e. The van der Waals surface area contributed by atoms with E-state index in [1.54, 1.807) is 0 Å². The molecule has 20 heavy (non-hydrogen) atoms. The third kappa shape index (κ3) is 3.02. The second-order valence-electron chi connectivity index (χ2n) is 5.25. The Balaban J connectivity index is 2.12. The number of hydrogen-bond acceptors (Lipinski definition) is 3. The fourth-order valence-corrected chi connectivity index (χ4v) is 2.34. The molecule has 0 aliphatic heterocycles. The molecule has 0 atom stereocenters. The Kier molecular flexibility index (Phi) is 4.45. The molecule has 1 aromatic carbocycles. The van der Waals surface area contributed by atoms with Crippen molar-refractivity contribution in [1.82, 2.24) is 9.78 Å². The molecule has 0 radical (unpaired) electrons. The molecule has 0 aliphatic rings. The van der Waals surface area contributed by atoms with Gasteiger partial charge in [0.1, 0.15) is 0 Å². The van der Waals surface area contributed by atoms with Gasteiger partial charge in [0.05, 0.1) is 18.8 Å². The van der Waals surface area contributed by atoms with Crippen LogP contribution in [0.15, 0.2) is 18.2 Å². The van der Waals surface area contributed by atoms with Crippen molar-refractivity contribution in [2.24, 2.45) is 0 Å². The maximum Gasteiger partial charge on any atom is 0.0646 e. The molecule has 2 N–H and O–H groups in total. The van der Waals surface area contributed by atoms with Crippen LogP contribution in [-0.4, -0.2) is 21.5 Å². The second-order valence-corrected chi connectivity index (χ2v) is 5.25. The summed E-state index contributed by atoms with van der Waals surface area (Å²) in [4.78, 5) is 0. The summed E-state index contributed by atoms with van der Waals surface area (Å²) in [5, 5.41) is 16.9. The lowest BCUT2D eigenvalue weighted by Crippen LogP contribution is -2.07. The molecule has 0 saturated heterocycles. The van der Waals surface area contributed by atoms with Crippen LogP contribution in [0.1, 0.15) is 28.1 Å². The number of rotatable bonds is 5. The zero-order chi connectivity index (χ0) is 14.7. The third-order valence-corrected chi connectivity index (χ3v) is 3.82. The van der Waals surface area contributed by atoms with Crippen molar-refractivity contribution in [3.05, 3.63) is 46.3 Å². The highest BCUT2D eigenvalue weighted by atomic mass is 16.3. The van der Waals surface area contributed by atoms with Gasteiger partial charge in [-0.1, -0.05) is 6.07 Å². The van der Waals surface area contributed by atoms with Crippen molar-refractivity contribution in [2.45, 2.75) is 40.8 Å². The van der Waals surface area contributed by atoms with Crippen LogP contribution in [-0.2, 0) is 13.1 Å². The first-order valence-corrected chi connectivity index (χ1v) is 6.97. The largest absolute Gasteiger partial charge is 0.394 e. The number of aliphatic hydroxyl groups is 1. The Labute approximate surface area is 120 Å². The van der Waals surface area contributed by atoms with Gasteiger partial charge in [0.2, 0.25) is 0 Å². The molecule has 0 spiro atoms. The topological polar surface area (TPSA) is 50.1 Å². The van der Waals surface area contributed by atoms with Crippen LogP contribution in [0, 0.1) is 27.7 Å². The molecule has 0 saturated carbocycles. The highest BCUT2D eigenvalue weighted by Crippen LogP contribution is 2.18. The fourth-order valence-electron chi connectivity index (χ4n) is 2.34. The van der Waals surface area contributed by atoms with Gasteiger partial charge in [-0.3, -0.25) is 4.68 Å². The van der Waals surface area contributed by atoms with Crippen molar-refractivity contribution < 1.29 is 5.11 Å². The summed E-state index contributed by atoms with van der Waals surface area (Å²) in [6.07, 6.45) is 0. The number of nitrogens with one attached hydrogen (secondary N) is 1. The van der Waals surface area contributed by atoms with Gasteiger partial charge in [-0.2, -0.15) is 5.10 Å². The first-order valence-electron chi connectivity index (χ1n) is 6.97. The molecule has 0 amide bonds. The number of aromatic nitrogens is 2. The minimum absolute atomic E-state index is 0.117. The van der Waals surface area contributed by atoms with Crippen LogP contribution in [0.2, 0.25) is 0 Å². The molecule has 4 heteroatoms. The lowest BCUT2D eigenvalue weighted by atomic mass is 10.1. The van der Waals surface area contributed by atoms with E-state index in [1.165, 1.54) is 16.7 Å². The second kappa shape index (κ2) is 6.09. The van der Waals surface area contributed by atoms with E-state index >= 15 is 0 Å². The first-order chi connectivity index (χ1) is 9.52. The van der Waals surface area contributed by atoms with E-state index in [9.17, 15) is 0 Å². The average molecular weight is 273 g/mol. The van der Waals surface area contributed by atoms with Gasteiger partial charge in [0, 0.05) is 23.5 Å². The first kappa shape index (κ1) is 14.6. The van der Waals surface area contributed by atoms with E-state index in [4.69, 9.17) is 5.11 Å². The molecule has 1 aromatic heterocycles. The summed E-state index contributed by atoms with van der Waals surface area (Å²) in [7, 11) is 0. The van der Waals surface area contributed by atoms with E-state index in [2.05, 4.69) is 42.5 Å². The Morgan fingerprint density at radius 3 is 2.55 bits per heavy atom. The monoisotopic (exact) mass is 273 g/mol. The van der Waals surface area contributed by atoms with Crippen LogP contribution in [0.3, 0.4) is 0 Å². The van der Waals surface area contributed by atoms with Crippen molar-refractivity contribution in [1.29, 1.82) is 0 Å². The molecule has 108 valence electrons. The summed E-state index contributed by atoms with van der Waals surface area (Å²) in [5.41, 5.74) is 7.07. The predicted molar refractivity (Wildman–Crippen MR) is 82.0 cm³/mol. The Morgan fingerprint density at radius 2 is 1.90 bits per heavy atom. The van der Waals surface area contributed by atoms with Gasteiger partial charge in [0.25, 0.3) is 0 Å². The fraction of sp³-hybridized carbons (Fsp3) is 0.438. The highest BCUT2D eigenvalue weighted by Gasteiger charge is 2.10. The molecule has 0 aliphatic carbocycles. The number of aliphatic hydroxyl groups excluding tert-OH is 1. The smallest absolute Gasteiger partial charge is 0.0646 e. The summed E-state index contributed by atoms with van der Waals surface area (Å²) in [6.45, 7) is 9.72. The Hall–Kier alpha value is -1.81. The summed E-state index contributed by atoms with van der Waals surface area (Å²) in [6, 6.07) is 6.40. The van der Waals surface area contributed by atoms with Crippen molar-refractivity contribution >= 4 is 5.69 Å². The van der Waals surface area contributed by atoms with E-state index < -0.39 is 0 Å². The number of benzene rings is 1. The number of hydrogen-bond donors (Lipinski definition) is 2. The molecule has 0 unspecified atom stereocenters. The molecule has 4 nitrogen and oxygen atoms in total. The van der Waals surface area contributed by atoms with E-state index in [0.29, 0.717) is 6.54 Å². The maximum atomic E-state index is 9.03. The molecule has 1 heterocycles. The number of aryl methyl sites for hydroxylation is 3. The van der Waals surface area contributed by atoms with Gasteiger partial charge in [-0.05, 0) is 51.0 Å². The Bertz CT molecular complexity index is 602. The normalized spacial score (nSPS) is 10.8. The summed E-state index contributed by atoms with van der Waals surface area (Å²) >= 11 is 0. The third-order valence-electron chi connectivity index (χ3n) is 3.82. The molecule has 2 rings (SSSR count). The van der Waals surface area contributed by atoms with Gasteiger partial charge in [0.15, 0.2) is 0 Å². The van der Waals surface area contributed by atoms with Gasteiger partial charge < -0.3 is 10.4 Å². The zero-order valence-corrected chi connectivity index (χ0v) is 12.7. The molecule has 2 aromatic rings. The minimum atomic E-state index is 0.117. The van der Waals surface area contributed by atoms with Crippen LogP contribution in [0.5, 0.6) is 0 Å². The Morgan fingerprint density at radius 1 is 1.15 bits per heavy atom. The van der Waals surface area contributed by atoms with Gasteiger partial charge in [-0.15, -0.1) is 0 Å². The van der Waals surface area contributed by atoms with Crippen LogP contribution in [0.4, 0.5) is 5.69 Å². The van der Waals surface area contributed by atoms with Crippen molar-refractivity contribution in [3.8, 4) is 0 Å². The summed E-state index contributed by atoms with van der Waals surface area (Å²) in [5.74, 6) is 0. The predicted octanol–water partition coefficient (Wildman–Crippen LogP) is 2.72. The van der Waals surface area contributed by atoms with E-state index in [0.717, 1.165) is 23.6 Å². The molecule has 0 bridgehead atoms. The van der Waals surface area contributed by atoms with Crippen LogP contribution < -0.4 is 5.32 Å². The van der Waals surface area contributed by atoms with E-state index in [1.807, 2.05) is 18.5 Å². The molecular formula is C16H23N3O. The standard InChI is InChI=1S/C16H23N3O/c1-11-5-6-15(9-12(11)2)17-10-16-13(3)18-19(7-8-20)14(16)4/h5-6,9,17,20H,7-8,10H2,1-4H3. The molecule has 0 fully saturated rings. The lowest BCUT2D eigenvalue weighted by molar-refractivity contribution is 0.268. The zero-order valence-electron chi connectivity index (χ0n) is 12.7. The quantitative estimate of drug-likeness (QED) is 0.880. The number of nitrogens with zero attached hydrogens (tertiary/aromatic N) is 2. The van der Waals surface area contributed by atoms with Crippen molar-refractivity contribution in [2.75, 3.05) is 11.9 Å². The van der Waals surface area contributed by atoms with Gasteiger partial charge >= 0.3 is 0 Å². The lowest BCUT2D eigenvalue weighted by Gasteiger charge is -2.09. The number of anilines is 1. The van der Waals surface area contributed by atoms with Gasteiger partial charge in [-0.25, -0.2) is 0 Å². The van der Waals surface area contributed by atoms with Crippen LogP contribution in [0.25, 0.3) is 0 Å². The average Bonchev–Trinajstić information content (AvgIpc) is 2.67. The van der Waals surface area contributed by atoms with E-state index in [-0.39, 0.29) is 6.61 Å². The van der Waals surface area contributed by atoms with Crippen LogP contribution >= 0.6 is 0 Å². The van der Waals surface area contributed by atoms with Crippen molar-refractivity contribution in [3.63, 3.8) is 0 Å². The molecular weight excluding hydrogens is 250 g/mol. The SMILES string of the molecule is Cc1ccc(NCc2c(C)nn(CCO)c2C)cc1C.